The molecule has 3 aliphatic heterocycles. The normalized spacial score (nSPS) is 29.3. The first-order chi connectivity index (χ1) is 11.9. The van der Waals surface area contributed by atoms with Gasteiger partial charge in [-0.2, -0.15) is 0 Å². The summed E-state index contributed by atoms with van der Waals surface area (Å²) in [4.78, 5) is 53.5. The molecule has 3 amide bonds. The van der Waals surface area contributed by atoms with Crippen LogP contribution in [0.4, 0.5) is 0 Å². The molecule has 3 fully saturated rings. The molecule has 3 heterocycles. The number of carbonyl (C=O) groups excluding carboxylic acids is 3. The molecule has 3 aliphatic rings. The maximum absolute atomic E-state index is 13.0. The SMILES string of the molecule is CC(=O)N1CCCC1C(=O)N1CCCC1C(=O)N1CCCC1C(=O)O. The quantitative estimate of drug-likeness (QED) is 0.775. The first kappa shape index (κ1) is 17.7. The number of hydrogen-bond donors (Lipinski definition) is 1. The van der Waals surface area contributed by atoms with E-state index >= 15 is 0 Å². The fourth-order valence-electron chi connectivity index (χ4n) is 4.36. The van der Waals surface area contributed by atoms with E-state index in [1.807, 2.05) is 0 Å². The van der Waals surface area contributed by atoms with Crippen LogP contribution in [-0.2, 0) is 19.2 Å². The van der Waals surface area contributed by atoms with E-state index in [4.69, 9.17) is 0 Å². The van der Waals surface area contributed by atoms with Crippen LogP contribution in [-0.4, -0.2) is 81.3 Å². The van der Waals surface area contributed by atoms with Crippen molar-refractivity contribution in [3.05, 3.63) is 0 Å². The third-order valence-corrected chi connectivity index (χ3v) is 5.58. The fraction of sp³-hybridized carbons (Fsp3) is 0.765. The molecule has 3 saturated heterocycles. The van der Waals surface area contributed by atoms with Crippen LogP contribution in [0.1, 0.15) is 45.4 Å². The van der Waals surface area contributed by atoms with Gasteiger partial charge in [0, 0.05) is 26.6 Å². The Balaban J connectivity index is 1.74. The summed E-state index contributed by atoms with van der Waals surface area (Å²) in [5, 5.41) is 9.30. The average molecular weight is 351 g/mol. The van der Waals surface area contributed by atoms with Crippen molar-refractivity contribution in [3.8, 4) is 0 Å². The smallest absolute Gasteiger partial charge is 0.326 e. The highest BCUT2D eigenvalue weighted by atomic mass is 16.4. The lowest BCUT2D eigenvalue weighted by Gasteiger charge is -2.33. The van der Waals surface area contributed by atoms with Crippen LogP contribution in [0.3, 0.4) is 0 Å². The molecule has 3 rings (SSSR count). The van der Waals surface area contributed by atoms with Crippen molar-refractivity contribution in [2.75, 3.05) is 19.6 Å². The van der Waals surface area contributed by atoms with Gasteiger partial charge in [0.15, 0.2) is 0 Å². The lowest BCUT2D eigenvalue weighted by molar-refractivity contribution is -0.153. The van der Waals surface area contributed by atoms with E-state index < -0.39 is 24.1 Å². The minimum atomic E-state index is -0.986. The van der Waals surface area contributed by atoms with E-state index in [-0.39, 0.29) is 17.7 Å². The van der Waals surface area contributed by atoms with E-state index in [1.54, 1.807) is 9.80 Å². The second kappa shape index (κ2) is 7.01. The summed E-state index contributed by atoms with van der Waals surface area (Å²) < 4.78 is 0. The molecule has 0 aliphatic carbocycles. The van der Waals surface area contributed by atoms with Crippen LogP contribution < -0.4 is 0 Å². The number of aliphatic carboxylic acids is 1. The van der Waals surface area contributed by atoms with Gasteiger partial charge in [0.25, 0.3) is 0 Å². The Hall–Kier alpha value is -2.12. The minimum absolute atomic E-state index is 0.122. The third-order valence-electron chi connectivity index (χ3n) is 5.58. The Labute approximate surface area is 146 Å². The Morgan fingerprint density at radius 1 is 0.720 bits per heavy atom. The van der Waals surface area contributed by atoms with Crippen molar-refractivity contribution < 1.29 is 24.3 Å². The molecule has 25 heavy (non-hydrogen) atoms. The standard InChI is InChI=1S/C17H25N3O5/c1-11(21)18-8-2-5-12(18)15(22)19-9-3-6-13(19)16(23)20-10-4-7-14(20)17(24)25/h12-14H,2-10H2,1H3,(H,24,25). The topological polar surface area (TPSA) is 98.2 Å². The average Bonchev–Trinajstić information content (AvgIpc) is 3.32. The zero-order valence-corrected chi connectivity index (χ0v) is 14.5. The predicted octanol–water partition coefficient (Wildman–Crippen LogP) is 0.0639. The monoisotopic (exact) mass is 351 g/mol. The number of amides is 3. The molecule has 0 aromatic carbocycles. The maximum atomic E-state index is 13.0. The van der Waals surface area contributed by atoms with Crippen LogP contribution in [0.15, 0.2) is 0 Å². The Kier molecular flexibility index (Phi) is 4.96. The molecular weight excluding hydrogens is 326 g/mol. The number of rotatable bonds is 3. The molecule has 138 valence electrons. The van der Waals surface area contributed by atoms with E-state index in [9.17, 15) is 24.3 Å². The molecule has 0 aromatic heterocycles. The molecule has 8 nitrogen and oxygen atoms in total. The summed E-state index contributed by atoms with van der Waals surface area (Å²) in [6.07, 6.45) is 3.82. The second-order valence-corrected chi connectivity index (χ2v) is 7.09. The highest BCUT2D eigenvalue weighted by Crippen LogP contribution is 2.28. The fourth-order valence-corrected chi connectivity index (χ4v) is 4.36. The number of likely N-dealkylation sites (tertiary alicyclic amines) is 3. The number of carboxylic acid groups (broad SMARTS) is 1. The predicted molar refractivity (Wildman–Crippen MR) is 87.5 cm³/mol. The van der Waals surface area contributed by atoms with Gasteiger partial charge in [-0.25, -0.2) is 4.79 Å². The van der Waals surface area contributed by atoms with Gasteiger partial charge >= 0.3 is 5.97 Å². The Morgan fingerprint density at radius 3 is 1.60 bits per heavy atom. The zero-order chi connectivity index (χ0) is 18.1. The lowest BCUT2D eigenvalue weighted by Crippen LogP contribution is -2.54. The van der Waals surface area contributed by atoms with Crippen LogP contribution in [0.25, 0.3) is 0 Å². The first-order valence-corrected chi connectivity index (χ1v) is 9.02. The van der Waals surface area contributed by atoms with Crippen molar-refractivity contribution in [1.29, 1.82) is 0 Å². The summed E-state index contributed by atoms with van der Waals surface area (Å²) in [6, 6.07) is -1.87. The maximum Gasteiger partial charge on any atom is 0.326 e. The Bertz CT molecular complexity index is 543. The van der Waals surface area contributed by atoms with Gasteiger partial charge in [-0.05, 0) is 38.5 Å². The van der Waals surface area contributed by atoms with E-state index in [1.165, 1.54) is 11.8 Å². The van der Waals surface area contributed by atoms with E-state index in [0.717, 1.165) is 12.8 Å². The molecule has 0 bridgehead atoms. The van der Waals surface area contributed by atoms with Gasteiger partial charge in [0.05, 0.1) is 0 Å². The molecule has 3 atom stereocenters. The van der Waals surface area contributed by atoms with Crippen molar-refractivity contribution in [2.45, 2.75) is 63.6 Å². The van der Waals surface area contributed by atoms with E-state index in [2.05, 4.69) is 0 Å². The summed E-state index contributed by atoms with van der Waals surface area (Å²) >= 11 is 0. The van der Waals surface area contributed by atoms with Gasteiger partial charge < -0.3 is 19.8 Å². The number of hydrogen-bond acceptors (Lipinski definition) is 4. The number of carboxylic acids is 1. The minimum Gasteiger partial charge on any atom is -0.480 e. The number of nitrogens with zero attached hydrogens (tertiary/aromatic N) is 3. The number of carbonyl (C=O) groups is 4. The molecule has 3 unspecified atom stereocenters. The molecule has 8 heteroatoms. The molecule has 1 N–H and O–H groups in total. The molecular formula is C17H25N3O5. The van der Waals surface area contributed by atoms with E-state index in [0.29, 0.717) is 45.3 Å². The third kappa shape index (κ3) is 3.21. The van der Waals surface area contributed by atoms with Crippen molar-refractivity contribution in [3.63, 3.8) is 0 Å². The van der Waals surface area contributed by atoms with Crippen molar-refractivity contribution in [2.24, 2.45) is 0 Å². The molecule has 0 saturated carbocycles. The van der Waals surface area contributed by atoms with Gasteiger partial charge in [-0.3, -0.25) is 14.4 Å². The zero-order valence-electron chi connectivity index (χ0n) is 14.5. The van der Waals surface area contributed by atoms with Crippen LogP contribution >= 0.6 is 0 Å². The summed E-state index contributed by atoms with van der Waals surface area (Å²) in [7, 11) is 0. The molecule has 0 aromatic rings. The highest BCUT2D eigenvalue weighted by Gasteiger charge is 2.45. The largest absolute Gasteiger partial charge is 0.480 e. The van der Waals surface area contributed by atoms with Gasteiger partial charge in [-0.1, -0.05) is 0 Å². The van der Waals surface area contributed by atoms with Gasteiger partial charge in [-0.15, -0.1) is 0 Å². The first-order valence-electron chi connectivity index (χ1n) is 9.02. The van der Waals surface area contributed by atoms with Crippen molar-refractivity contribution >= 4 is 23.7 Å². The van der Waals surface area contributed by atoms with Crippen LogP contribution in [0.5, 0.6) is 0 Å². The lowest BCUT2D eigenvalue weighted by atomic mass is 10.1. The summed E-state index contributed by atoms with van der Waals surface area (Å²) in [5.41, 5.74) is 0. The highest BCUT2D eigenvalue weighted by molar-refractivity contribution is 5.94. The molecule has 0 spiro atoms. The van der Waals surface area contributed by atoms with Crippen molar-refractivity contribution in [1.82, 2.24) is 14.7 Å². The summed E-state index contributed by atoms with van der Waals surface area (Å²) in [5.74, 6) is -1.54. The van der Waals surface area contributed by atoms with Crippen LogP contribution in [0.2, 0.25) is 0 Å². The Morgan fingerprint density at radius 2 is 1.12 bits per heavy atom. The molecule has 0 radical (unpaired) electrons. The second-order valence-electron chi connectivity index (χ2n) is 7.09. The van der Waals surface area contributed by atoms with Crippen LogP contribution in [0, 0.1) is 0 Å². The summed E-state index contributed by atoms with van der Waals surface area (Å²) in [6.45, 7) is 2.95. The van der Waals surface area contributed by atoms with Gasteiger partial charge in [0.2, 0.25) is 17.7 Å². The van der Waals surface area contributed by atoms with Gasteiger partial charge in [0.1, 0.15) is 18.1 Å².